The van der Waals surface area contributed by atoms with Crippen LogP contribution in [-0.4, -0.2) is 11.7 Å². The number of rotatable bonds is 5. The third-order valence-electron chi connectivity index (χ3n) is 3.24. The molecular weight excluding hydrogens is 338 g/mol. The Bertz CT molecular complexity index is 275. The monoisotopic (exact) mass is 355 g/mol. The molecule has 0 saturated carbocycles. The van der Waals surface area contributed by atoms with Crippen molar-refractivity contribution in [2.75, 3.05) is 6.61 Å². The first-order valence-corrected chi connectivity index (χ1v) is 5.72. The molecule has 0 amide bonds. The average molecular weight is 357 g/mol. The van der Waals surface area contributed by atoms with E-state index in [4.69, 9.17) is 5.11 Å². The molecule has 0 spiro atoms. The van der Waals surface area contributed by atoms with Crippen molar-refractivity contribution in [3.63, 3.8) is 0 Å². The summed E-state index contributed by atoms with van der Waals surface area (Å²) < 4.78 is 0. The molecule has 5 heteroatoms. The van der Waals surface area contributed by atoms with Gasteiger partial charge in [-0.3, -0.25) is 0 Å². The molecule has 2 aliphatic rings. The molecule has 19 heavy (non-hydrogen) atoms. The largest absolute Gasteiger partial charge is 3.00 e. The van der Waals surface area contributed by atoms with Crippen molar-refractivity contribution in [2.45, 2.75) is 12.8 Å². The number of halogens is 3. The van der Waals surface area contributed by atoms with Gasteiger partial charge in [0.15, 0.2) is 0 Å². The first-order valence-electron chi connectivity index (χ1n) is 5.72. The van der Waals surface area contributed by atoms with E-state index in [0.29, 0.717) is 24.4 Å². The Labute approximate surface area is 149 Å². The molecule has 0 unspecified atom stereocenters. The predicted molar refractivity (Wildman–Crippen MR) is 63.3 cm³/mol. The van der Waals surface area contributed by atoms with Gasteiger partial charge in [0, 0.05) is 6.61 Å². The van der Waals surface area contributed by atoms with Crippen LogP contribution in [0.3, 0.4) is 0 Å². The van der Waals surface area contributed by atoms with Crippen molar-refractivity contribution in [3.8, 4) is 0 Å². The molecule has 1 nitrogen and oxygen atoms in total. The van der Waals surface area contributed by atoms with Crippen LogP contribution in [0.25, 0.3) is 0 Å². The van der Waals surface area contributed by atoms with E-state index in [1.807, 2.05) is 0 Å². The zero-order valence-electron chi connectivity index (χ0n) is 10.6. The van der Waals surface area contributed by atoms with Crippen LogP contribution in [0.4, 0.5) is 0 Å². The summed E-state index contributed by atoms with van der Waals surface area (Å²) in [7, 11) is 0. The van der Waals surface area contributed by atoms with Crippen molar-refractivity contribution in [2.24, 2.45) is 17.8 Å². The molecule has 0 aromatic rings. The summed E-state index contributed by atoms with van der Waals surface area (Å²) in [4.78, 5) is 0. The molecule has 0 aliphatic heterocycles. The van der Waals surface area contributed by atoms with Crippen molar-refractivity contribution in [1.29, 1.82) is 0 Å². The topological polar surface area (TPSA) is 20.2 Å². The van der Waals surface area contributed by atoms with Crippen LogP contribution >= 0.6 is 0 Å². The molecule has 2 aliphatic carbocycles. The molecule has 0 fully saturated rings. The summed E-state index contributed by atoms with van der Waals surface area (Å²) in [5.74, 6) is 1.71. The Balaban J connectivity index is -0.000000640. The van der Waals surface area contributed by atoms with Gasteiger partial charge in [0.25, 0.3) is 0 Å². The van der Waals surface area contributed by atoms with Crippen molar-refractivity contribution >= 4 is 0 Å². The summed E-state index contributed by atoms with van der Waals surface area (Å²) in [5.41, 5.74) is 0. The molecule has 0 aromatic heterocycles. The first-order chi connectivity index (χ1) is 7.42. The molecular formula is C14H18Cl3OTi. The summed E-state index contributed by atoms with van der Waals surface area (Å²) in [6.07, 6.45) is 19.6. The van der Waals surface area contributed by atoms with Gasteiger partial charge in [-0.2, -0.15) is 0 Å². The minimum atomic E-state index is 0. The summed E-state index contributed by atoms with van der Waals surface area (Å²) in [6, 6.07) is 0. The Kier molecular flexibility index (Phi) is 17.4. The molecule has 0 saturated heterocycles. The Hall–Kier alpha value is 0.504. The molecule has 1 radical (unpaired) electrons. The van der Waals surface area contributed by atoms with Crippen LogP contribution in [0.5, 0.6) is 0 Å². The number of hydrogen-bond donors (Lipinski definition) is 1. The summed E-state index contributed by atoms with van der Waals surface area (Å²) >= 11 is 0. The van der Waals surface area contributed by atoms with E-state index < -0.39 is 0 Å². The molecule has 1 N–H and O–H groups in total. The zero-order valence-corrected chi connectivity index (χ0v) is 14.4. The Morgan fingerprint density at radius 2 is 1.16 bits per heavy atom. The van der Waals surface area contributed by atoms with Crippen LogP contribution in [0.1, 0.15) is 12.8 Å². The van der Waals surface area contributed by atoms with E-state index in [0.717, 1.165) is 12.8 Å². The van der Waals surface area contributed by atoms with Crippen molar-refractivity contribution in [3.05, 3.63) is 48.6 Å². The average Bonchev–Trinajstić information content (AvgIpc) is 2.90. The van der Waals surface area contributed by atoms with Crippen LogP contribution in [0.15, 0.2) is 48.6 Å². The fourth-order valence-electron chi connectivity index (χ4n) is 2.44. The number of aliphatic hydroxyl groups excluding tert-OH is 1. The Morgan fingerprint density at radius 3 is 1.47 bits per heavy atom. The molecule has 2 rings (SSSR count). The van der Waals surface area contributed by atoms with Gasteiger partial charge in [-0.15, -0.1) is 0 Å². The second-order valence-electron chi connectivity index (χ2n) is 4.22. The minimum Gasteiger partial charge on any atom is -1.00 e. The number of aliphatic hydroxyl groups is 1. The van der Waals surface area contributed by atoms with Gasteiger partial charge in [0.1, 0.15) is 0 Å². The van der Waals surface area contributed by atoms with Gasteiger partial charge < -0.3 is 42.3 Å². The predicted octanol–water partition coefficient (Wildman–Crippen LogP) is -6.13. The quantitative estimate of drug-likeness (QED) is 0.486. The van der Waals surface area contributed by atoms with E-state index in [-0.39, 0.29) is 58.9 Å². The van der Waals surface area contributed by atoms with Gasteiger partial charge in [-0.05, 0) is 30.6 Å². The SMILES string of the molecule is OCCCC(C1C=CC=C1)C1C=CC=C1.[Cl-].[Cl-].[Cl-].[Ti+3]. The maximum atomic E-state index is 8.93. The molecule has 0 aromatic carbocycles. The van der Waals surface area contributed by atoms with Crippen LogP contribution in [-0.2, 0) is 21.7 Å². The van der Waals surface area contributed by atoms with Crippen LogP contribution < -0.4 is 37.2 Å². The number of allylic oxidation sites excluding steroid dienone is 8. The van der Waals surface area contributed by atoms with Crippen LogP contribution in [0.2, 0.25) is 0 Å². The van der Waals surface area contributed by atoms with E-state index in [9.17, 15) is 0 Å². The normalized spacial score (nSPS) is 15.9. The van der Waals surface area contributed by atoms with Gasteiger partial charge in [-0.1, -0.05) is 48.6 Å². The molecule has 0 atom stereocenters. The maximum Gasteiger partial charge on any atom is 3.00 e. The maximum absolute atomic E-state index is 8.93. The minimum absolute atomic E-state index is 0. The van der Waals surface area contributed by atoms with Crippen molar-refractivity contribution in [1.82, 2.24) is 0 Å². The van der Waals surface area contributed by atoms with E-state index >= 15 is 0 Å². The van der Waals surface area contributed by atoms with Crippen LogP contribution in [0, 0.1) is 17.8 Å². The second-order valence-corrected chi connectivity index (χ2v) is 4.22. The zero-order chi connectivity index (χ0) is 10.5. The third kappa shape index (κ3) is 7.18. The summed E-state index contributed by atoms with van der Waals surface area (Å²) in [5, 5.41) is 8.93. The second kappa shape index (κ2) is 13.5. The molecule has 0 heterocycles. The Morgan fingerprint density at radius 1 is 0.789 bits per heavy atom. The number of hydrogen-bond acceptors (Lipinski definition) is 1. The fraction of sp³-hybridized carbons (Fsp3) is 0.429. The first kappa shape index (κ1) is 24.5. The van der Waals surface area contributed by atoms with Gasteiger partial charge >= 0.3 is 21.7 Å². The van der Waals surface area contributed by atoms with E-state index in [2.05, 4.69) is 48.6 Å². The van der Waals surface area contributed by atoms with E-state index in [1.54, 1.807) is 0 Å². The van der Waals surface area contributed by atoms with E-state index in [1.165, 1.54) is 0 Å². The van der Waals surface area contributed by atoms with Gasteiger partial charge in [0.2, 0.25) is 0 Å². The standard InChI is InChI=1S/C14H18O.3ClH.Ti/c15-11-5-10-14(12-6-1-2-7-12)13-8-3-4-9-13;;;;/h1-4,6-9,12-15H,5,10-11H2;3*1H;/q;;;;+3/p-3. The van der Waals surface area contributed by atoms with Gasteiger partial charge in [0.05, 0.1) is 0 Å². The molecule has 105 valence electrons. The molecule has 0 bridgehead atoms. The smallest absolute Gasteiger partial charge is 1.00 e. The summed E-state index contributed by atoms with van der Waals surface area (Å²) in [6.45, 7) is 0.302. The third-order valence-corrected chi connectivity index (χ3v) is 3.24. The van der Waals surface area contributed by atoms with Gasteiger partial charge in [-0.25, -0.2) is 0 Å². The van der Waals surface area contributed by atoms with Crippen molar-refractivity contribution < 1.29 is 64.0 Å². The fourth-order valence-corrected chi connectivity index (χ4v) is 2.44.